The van der Waals surface area contributed by atoms with Gasteiger partial charge in [-0.25, -0.2) is 0 Å². The first-order chi connectivity index (χ1) is 11.9. The summed E-state index contributed by atoms with van der Waals surface area (Å²) in [5.74, 6) is 2.23. The molecule has 0 spiro atoms. The monoisotopic (exact) mass is 334 g/mol. The molecule has 3 heterocycles. The molecular weight excluding hydrogens is 308 g/mol. The van der Waals surface area contributed by atoms with Gasteiger partial charge < -0.3 is 24.6 Å². The van der Waals surface area contributed by atoms with Gasteiger partial charge >= 0.3 is 0 Å². The average molecular weight is 334 g/mol. The first-order valence-corrected chi connectivity index (χ1v) is 9.06. The molecule has 1 aliphatic carbocycles. The third-order valence-corrected chi connectivity index (χ3v) is 4.89. The largest absolute Gasteiger partial charge is 0.378 e. The predicted molar refractivity (Wildman–Crippen MR) is 91.8 cm³/mol. The molecule has 8 heteroatoms. The van der Waals surface area contributed by atoms with Gasteiger partial charge in [0.15, 0.2) is 0 Å². The van der Waals surface area contributed by atoms with Crippen LogP contribution in [-0.2, 0) is 9.47 Å². The number of rotatable bonds is 4. The molecule has 1 aromatic rings. The van der Waals surface area contributed by atoms with Crippen LogP contribution >= 0.6 is 0 Å². The lowest BCUT2D eigenvalue weighted by Gasteiger charge is -2.30. The maximum Gasteiger partial charge on any atom is 0.232 e. The van der Waals surface area contributed by atoms with E-state index in [2.05, 4.69) is 15.1 Å². The maximum absolute atomic E-state index is 5.45. The van der Waals surface area contributed by atoms with Crippen LogP contribution in [0.1, 0.15) is 25.7 Å². The van der Waals surface area contributed by atoms with Crippen molar-refractivity contribution in [1.82, 2.24) is 15.0 Å². The van der Waals surface area contributed by atoms with Gasteiger partial charge in [0, 0.05) is 32.2 Å². The van der Waals surface area contributed by atoms with E-state index in [4.69, 9.17) is 24.4 Å². The van der Waals surface area contributed by atoms with Gasteiger partial charge in [-0.1, -0.05) is 12.8 Å². The Labute approximate surface area is 142 Å². The number of morpholine rings is 2. The molecule has 8 nitrogen and oxygen atoms in total. The Kier molecular flexibility index (Phi) is 4.94. The minimum absolute atomic E-state index is 0.488. The van der Waals surface area contributed by atoms with Crippen LogP contribution in [0.25, 0.3) is 0 Å². The molecule has 1 aromatic heterocycles. The first-order valence-electron chi connectivity index (χ1n) is 9.06. The Balaban J connectivity index is 1.58. The summed E-state index contributed by atoms with van der Waals surface area (Å²) in [7, 11) is 0. The number of nitrogens with one attached hydrogen (secondary N) is 1. The summed E-state index contributed by atoms with van der Waals surface area (Å²) < 4.78 is 10.9. The zero-order chi connectivity index (χ0) is 16.2. The second-order valence-electron chi connectivity index (χ2n) is 6.58. The van der Waals surface area contributed by atoms with Gasteiger partial charge in [0.05, 0.1) is 26.4 Å². The molecule has 0 radical (unpaired) electrons. The Morgan fingerprint density at radius 2 is 1.25 bits per heavy atom. The normalized spacial score (nSPS) is 22.8. The number of aromatic nitrogens is 3. The maximum atomic E-state index is 5.45. The molecule has 0 unspecified atom stereocenters. The molecule has 3 aliphatic rings. The van der Waals surface area contributed by atoms with Crippen LogP contribution in [0.2, 0.25) is 0 Å². The quantitative estimate of drug-likeness (QED) is 0.870. The summed E-state index contributed by atoms with van der Waals surface area (Å²) in [6.07, 6.45) is 4.97. The lowest BCUT2D eigenvalue weighted by molar-refractivity contribution is 0.121. The number of anilines is 3. The van der Waals surface area contributed by atoms with E-state index >= 15 is 0 Å². The highest BCUT2D eigenvalue weighted by Gasteiger charge is 2.22. The summed E-state index contributed by atoms with van der Waals surface area (Å²) in [5.41, 5.74) is 0. The predicted octanol–water partition coefficient (Wildman–Crippen LogP) is 0.899. The molecule has 2 aliphatic heterocycles. The minimum atomic E-state index is 0.488. The van der Waals surface area contributed by atoms with Crippen molar-refractivity contribution in [3.63, 3.8) is 0 Å². The molecule has 132 valence electrons. The summed E-state index contributed by atoms with van der Waals surface area (Å²) in [6, 6.07) is 0.488. The van der Waals surface area contributed by atoms with E-state index in [0.29, 0.717) is 12.0 Å². The standard InChI is InChI=1S/C16H26N6O2/c1-2-4-13(3-1)17-14-18-15(21-5-9-23-10-6-21)20-16(19-14)22-7-11-24-12-8-22/h13H,1-12H2,(H,17,18,19,20). The Hall–Kier alpha value is -1.67. The molecule has 3 fully saturated rings. The molecule has 1 saturated carbocycles. The Morgan fingerprint density at radius 3 is 1.75 bits per heavy atom. The van der Waals surface area contributed by atoms with Gasteiger partial charge in [-0.05, 0) is 12.8 Å². The van der Waals surface area contributed by atoms with Crippen LogP contribution in [0.5, 0.6) is 0 Å². The van der Waals surface area contributed by atoms with E-state index in [1.165, 1.54) is 25.7 Å². The average Bonchev–Trinajstić information content (AvgIpc) is 3.16. The van der Waals surface area contributed by atoms with Crippen LogP contribution in [0.3, 0.4) is 0 Å². The molecule has 0 aromatic carbocycles. The SMILES string of the molecule is C1CCC(Nc2nc(N3CCOCC3)nc(N3CCOCC3)n2)C1. The van der Waals surface area contributed by atoms with Crippen molar-refractivity contribution in [3.8, 4) is 0 Å². The second kappa shape index (κ2) is 7.48. The number of ether oxygens (including phenoxy) is 2. The van der Waals surface area contributed by atoms with Crippen molar-refractivity contribution in [2.45, 2.75) is 31.7 Å². The molecule has 4 rings (SSSR count). The third-order valence-electron chi connectivity index (χ3n) is 4.89. The highest BCUT2D eigenvalue weighted by atomic mass is 16.5. The molecule has 0 amide bonds. The molecule has 1 N–H and O–H groups in total. The van der Waals surface area contributed by atoms with Crippen LogP contribution < -0.4 is 15.1 Å². The second-order valence-corrected chi connectivity index (χ2v) is 6.58. The van der Waals surface area contributed by atoms with E-state index in [0.717, 1.165) is 64.5 Å². The van der Waals surface area contributed by atoms with Gasteiger partial charge in [-0.15, -0.1) is 0 Å². The van der Waals surface area contributed by atoms with Crippen molar-refractivity contribution in [1.29, 1.82) is 0 Å². The fraction of sp³-hybridized carbons (Fsp3) is 0.812. The first kappa shape index (κ1) is 15.8. The topological polar surface area (TPSA) is 75.6 Å². The van der Waals surface area contributed by atoms with Crippen LogP contribution in [-0.4, -0.2) is 73.6 Å². The lowest BCUT2D eigenvalue weighted by Crippen LogP contribution is -2.40. The number of hydrogen-bond donors (Lipinski definition) is 1. The smallest absolute Gasteiger partial charge is 0.232 e. The van der Waals surface area contributed by atoms with E-state index in [-0.39, 0.29) is 0 Å². The van der Waals surface area contributed by atoms with E-state index in [1.807, 2.05) is 0 Å². The number of hydrogen-bond acceptors (Lipinski definition) is 8. The zero-order valence-electron chi connectivity index (χ0n) is 14.1. The summed E-state index contributed by atoms with van der Waals surface area (Å²) in [4.78, 5) is 18.5. The fourth-order valence-electron chi connectivity index (χ4n) is 3.48. The Bertz CT molecular complexity index is 503. The van der Waals surface area contributed by atoms with Gasteiger partial charge in [0.2, 0.25) is 17.8 Å². The summed E-state index contributed by atoms with van der Waals surface area (Å²) >= 11 is 0. The van der Waals surface area contributed by atoms with Crippen molar-refractivity contribution in [3.05, 3.63) is 0 Å². The fourth-order valence-corrected chi connectivity index (χ4v) is 3.48. The molecule has 0 bridgehead atoms. The van der Waals surface area contributed by atoms with E-state index < -0.39 is 0 Å². The molecule has 2 saturated heterocycles. The van der Waals surface area contributed by atoms with Gasteiger partial charge in [-0.3, -0.25) is 0 Å². The summed E-state index contributed by atoms with van der Waals surface area (Å²) in [6.45, 7) is 6.22. The molecule has 24 heavy (non-hydrogen) atoms. The van der Waals surface area contributed by atoms with Gasteiger partial charge in [0.1, 0.15) is 0 Å². The third kappa shape index (κ3) is 3.70. The van der Waals surface area contributed by atoms with Crippen LogP contribution in [0.4, 0.5) is 17.8 Å². The van der Waals surface area contributed by atoms with Crippen LogP contribution in [0, 0.1) is 0 Å². The Morgan fingerprint density at radius 1 is 0.750 bits per heavy atom. The molecule has 0 atom stereocenters. The highest BCUT2D eigenvalue weighted by molar-refractivity contribution is 5.46. The van der Waals surface area contributed by atoms with Crippen molar-refractivity contribution >= 4 is 17.8 Å². The van der Waals surface area contributed by atoms with Crippen molar-refractivity contribution in [2.24, 2.45) is 0 Å². The van der Waals surface area contributed by atoms with E-state index in [1.54, 1.807) is 0 Å². The van der Waals surface area contributed by atoms with Gasteiger partial charge in [-0.2, -0.15) is 15.0 Å². The zero-order valence-corrected chi connectivity index (χ0v) is 14.1. The van der Waals surface area contributed by atoms with Crippen LogP contribution in [0.15, 0.2) is 0 Å². The summed E-state index contributed by atoms with van der Waals surface area (Å²) in [5, 5.41) is 3.52. The van der Waals surface area contributed by atoms with E-state index in [9.17, 15) is 0 Å². The van der Waals surface area contributed by atoms with Crippen molar-refractivity contribution < 1.29 is 9.47 Å². The minimum Gasteiger partial charge on any atom is -0.378 e. The number of nitrogens with zero attached hydrogens (tertiary/aromatic N) is 5. The van der Waals surface area contributed by atoms with Crippen molar-refractivity contribution in [2.75, 3.05) is 67.7 Å². The van der Waals surface area contributed by atoms with Gasteiger partial charge in [0.25, 0.3) is 0 Å². The highest BCUT2D eigenvalue weighted by Crippen LogP contribution is 2.23. The lowest BCUT2D eigenvalue weighted by atomic mass is 10.2. The molecular formula is C16H26N6O2.